The van der Waals surface area contributed by atoms with E-state index in [1.54, 1.807) is 6.20 Å². The molecule has 0 bridgehead atoms. The predicted molar refractivity (Wildman–Crippen MR) is 120 cm³/mol. The van der Waals surface area contributed by atoms with Gasteiger partial charge in [-0.05, 0) is 83.1 Å². The van der Waals surface area contributed by atoms with E-state index in [0.29, 0.717) is 12.5 Å². The molecule has 1 unspecified atom stereocenters. The monoisotopic (exact) mass is 424 g/mol. The molecule has 2 aromatic rings. The Kier molecular flexibility index (Phi) is 5.54. The summed E-state index contributed by atoms with van der Waals surface area (Å²) in [4.78, 5) is 28.1. The number of aromatic nitrogens is 2. The third kappa shape index (κ3) is 4.45. The number of nitrogens with one attached hydrogen (secondary N) is 1. The summed E-state index contributed by atoms with van der Waals surface area (Å²) in [6, 6.07) is 6.26. The van der Waals surface area contributed by atoms with Crippen molar-refractivity contribution < 1.29 is 14.3 Å². The first kappa shape index (κ1) is 21.4. The van der Waals surface area contributed by atoms with Crippen LogP contribution in [0, 0.1) is 6.92 Å². The lowest BCUT2D eigenvalue weighted by Crippen LogP contribution is -2.45. The molecule has 0 aliphatic heterocycles. The number of carbonyl (C=O) groups excluding carboxylic acids is 2. The zero-order valence-corrected chi connectivity index (χ0v) is 19.1. The summed E-state index contributed by atoms with van der Waals surface area (Å²) in [5, 5.41) is 7.63. The van der Waals surface area contributed by atoms with Crippen molar-refractivity contribution in [3.05, 3.63) is 46.8 Å². The summed E-state index contributed by atoms with van der Waals surface area (Å²) in [5.74, 6) is 0.102. The number of hydrogen-bond donors (Lipinski definition) is 1. The topological polar surface area (TPSA) is 76.5 Å². The SMILES string of the molecule is CNc1cccc(C(=O)N(C2CC2)C2CCc3nn(C(=O)OC(C)(C)C)cc3C2)c1C. The molecule has 1 aromatic carbocycles. The first-order valence-corrected chi connectivity index (χ1v) is 11.1. The van der Waals surface area contributed by atoms with Gasteiger partial charge in [0.15, 0.2) is 0 Å². The van der Waals surface area contributed by atoms with Crippen LogP contribution in [-0.4, -0.2) is 51.4 Å². The number of hydrogen-bond acceptors (Lipinski definition) is 5. The van der Waals surface area contributed by atoms with Gasteiger partial charge < -0.3 is 15.0 Å². The van der Waals surface area contributed by atoms with E-state index in [1.165, 1.54) is 4.68 Å². The second kappa shape index (κ2) is 8.02. The van der Waals surface area contributed by atoms with Gasteiger partial charge >= 0.3 is 6.09 Å². The van der Waals surface area contributed by atoms with E-state index in [1.807, 2.05) is 52.9 Å². The highest BCUT2D eigenvalue weighted by atomic mass is 16.6. The third-order valence-electron chi connectivity index (χ3n) is 6.03. The van der Waals surface area contributed by atoms with Crippen molar-refractivity contribution in [3.8, 4) is 0 Å². The number of nitrogens with zero attached hydrogens (tertiary/aromatic N) is 3. The van der Waals surface area contributed by atoms with E-state index >= 15 is 0 Å². The summed E-state index contributed by atoms with van der Waals surface area (Å²) in [7, 11) is 1.88. The van der Waals surface area contributed by atoms with E-state index in [-0.39, 0.29) is 11.9 Å². The Morgan fingerprint density at radius 1 is 1.19 bits per heavy atom. The van der Waals surface area contributed by atoms with Gasteiger partial charge in [-0.3, -0.25) is 4.79 Å². The van der Waals surface area contributed by atoms with Gasteiger partial charge in [-0.2, -0.15) is 9.78 Å². The second-order valence-corrected chi connectivity index (χ2v) is 9.59. The molecule has 0 spiro atoms. The number of amides is 1. The largest absolute Gasteiger partial charge is 0.442 e. The van der Waals surface area contributed by atoms with Crippen molar-refractivity contribution in [2.45, 2.75) is 77.5 Å². The Hall–Kier alpha value is -2.83. The second-order valence-electron chi connectivity index (χ2n) is 9.59. The summed E-state index contributed by atoms with van der Waals surface area (Å²) in [5.41, 5.74) is 4.11. The first-order valence-electron chi connectivity index (χ1n) is 11.1. The molecule has 2 aliphatic rings. The smallest absolute Gasteiger partial charge is 0.435 e. The normalized spacial score (nSPS) is 18.3. The van der Waals surface area contributed by atoms with Crippen LogP contribution in [0.15, 0.2) is 24.4 Å². The minimum atomic E-state index is -0.568. The van der Waals surface area contributed by atoms with Gasteiger partial charge in [0.25, 0.3) is 5.91 Å². The minimum Gasteiger partial charge on any atom is -0.442 e. The fourth-order valence-corrected chi connectivity index (χ4v) is 4.38. The van der Waals surface area contributed by atoms with Crippen LogP contribution in [0.4, 0.5) is 10.5 Å². The van der Waals surface area contributed by atoms with Crippen LogP contribution in [0.25, 0.3) is 0 Å². The number of fused-ring (bicyclic) bond motifs is 1. The van der Waals surface area contributed by atoms with Gasteiger partial charge in [0.1, 0.15) is 5.60 Å². The molecule has 0 saturated heterocycles. The van der Waals surface area contributed by atoms with Gasteiger partial charge in [0, 0.05) is 36.6 Å². The molecule has 166 valence electrons. The molecular formula is C24H32N4O3. The molecule has 1 atom stereocenters. The van der Waals surface area contributed by atoms with Crippen LogP contribution < -0.4 is 5.32 Å². The van der Waals surface area contributed by atoms with E-state index in [9.17, 15) is 9.59 Å². The molecule has 4 rings (SSSR count). The lowest BCUT2D eigenvalue weighted by molar-refractivity contribution is 0.0513. The number of ether oxygens (including phenoxy) is 1. The standard InChI is InChI=1S/C24H32N4O3/c1-15-19(7-6-8-20(15)25-5)22(29)28(17-9-10-17)18-11-12-21-16(13-18)14-27(26-21)23(30)31-24(2,3)4/h6-8,14,17-18,25H,9-13H2,1-5H3. The lowest BCUT2D eigenvalue weighted by Gasteiger charge is -2.35. The lowest BCUT2D eigenvalue weighted by atomic mass is 9.91. The molecule has 7 heteroatoms. The molecule has 1 N–H and O–H groups in total. The molecule has 7 nitrogen and oxygen atoms in total. The zero-order valence-electron chi connectivity index (χ0n) is 19.1. The molecule has 1 saturated carbocycles. The Labute approximate surface area is 183 Å². The molecule has 1 fully saturated rings. The van der Waals surface area contributed by atoms with E-state index in [0.717, 1.165) is 53.8 Å². The molecule has 0 radical (unpaired) electrons. The van der Waals surface area contributed by atoms with E-state index < -0.39 is 11.7 Å². The Morgan fingerprint density at radius 3 is 2.58 bits per heavy atom. The highest BCUT2D eigenvalue weighted by Gasteiger charge is 2.40. The number of rotatable bonds is 4. The minimum absolute atomic E-state index is 0.102. The maximum atomic E-state index is 13.6. The highest BCUT2D eigenvalue weighted by molar-refractivity contribution is 5.97. The van der Waals surface area contributed by atoms with Crippen LogP contribution >= 0.6 is 0 Å². The number of anilines is 1. The number of benzene rings is 1. The van der Waals surface area contributed by atoms with Crippen molar-refractivity contribution in [3.63, 3.8) is 0 Å². The molecule has 1 aromatic heterocycles. The summed E-state index contributed by atoms with van der Waals surface area (Å²) in [6.45, 7) is 7.52. The quantitative estimate of drug-likeness (QED) is 0.797. The molecule has 31 heavy (non-hydrogen) atoms. The van der Waals surface area contributed by atoms with E-state index in [2.05, 4.69) is 15.3 Å². The van der Waals surface area contributed by atoms with Crippen LogP contribution in [-0.2, 0) is 17.6 Å². The van der Waals surface area contributed by atoms with Crippen LogP contribution in [0.2, 0.25) is 0 Å². The van der Waals surface area contributed by atoms with Gasteiger partial charge in [0.05, 0.1) is 5.69 Å². The summed E-state index contributed by atoms with van der Waals surface area (Å²) < 4.78 is 6.75. The Bertz CT molecular complexity index is 1000. The Balaban J connectivity index is 1.56. The zero-order chi connectivity index (χ0) is 22.3. The first-order chi connectivity index (χ1) is 14.7. The van der Waals surface area contributed by atoms with Crippen molar-refractivity contribution >= 4 is 17.7 Å². The van der Waals surface area contributed by atoms with Gasteiger partial charge in [0.2, 0.25) is 0 Å². The van der Waals surface area contributed by atoms with Crippen LogP contribution in [0.1, 0.15) is 67.2 Å². The summed E-state index contributed by atoms with van der Waals surface area (Å²) in [6.07, 6.45) is 5.73. The van der Waals surface area contributed by atoms with Gasteiger partial charge in [-0.25, -0.2) is 4.79 Å². The number of aryl methyl sites for hydroxylation is 1. The predicted octanol–water partition coefficient (Wildman–Crippen LogP) is 4.18. The average molecular weight is 425 g/mol. The van der Waals surface area contributed by atoms with Crippen LogP contribution in [0.3, 0.4) is 0 Å². The third-order valence-corrected chi connectivity index (χ3v) is 6.03. The van der Waals surface area contributed by atoms with Crippen LogP contribution in [0.5, 0.6) is 0 Å². The van der Waals surface area contributed by atoms with E-state index in [4.69, 9.17) is 4.74 Å². The molecule has 1 heterocycles. The van der Waals surface area contributed by atoms with Gasteiger partial charge in [-0.1, -0.05) is 6.07 Å². The van der Waals surface area contributed by atoms with Crippen molar-refractivity contribution in [2.75, 3.05) is 12.4 Å². The van der Waals surface area contributed by atoms with Crippen molar-refractivity contribution in [1.29, 1.82) is 0 Å². The van der Waals surface area contributed by atoms with Crippen molar-refractivity contribution in [1.82, 2.24) is 14.7 Å². The van der Waals surface area contributed by atoms with Crippen molar-refractivity contribution in [2.24, 2.45) is 0 Å². The fourth-order valence-electron chi connectivity index (χ4n) is 4.38. The fraction of sp³-hybridized carbons (Fsp3) is 0.542. The molecule has 1 amide bonds. The molecule has 2 aliphatic carbocycles. The molecular weight excluding hydrogens is 392 g/mol. The van der Waals surface area contributed by atoms with Gasteiger partial charge in [-0.15, -0.1) is 0 Å². The maximum absolute atomic E-state index is 13.6. The number of carbonyl (C=O) groups is 2. The maximum Gasteiger partial charge on any atom is 0.435 e. The average Bonchev–Trinajstić information content (AvgIpc) is 3.43. The Morgan fingerprint density at radius 2 is 1.94 bits per heavy atom. The highest BCUT2D eigenvalue weighted by Crippen LogP contribution is 2.35. The summed E-state index contributed by atoms with van der Waals surface area (Å²) >= 11 is 0.